The highest BCUT2D eigenvalue weighted by Crippen LogP contribution is 2.28. The summed E-state index contributed by atoms with van der Waals surface area (Å²) in [5.41, 5.74) is 1.45. The molecule has 2 heterocycles. The van der Waals surface area contributed by atoms with Gasteiger partial charge < -0.3 is 5.32 Å². The maximum atomic E-state index is 3.64. The fraction of sp³-hybridized carbons (Fsp3) is 0.600. The van der Waals surface area contributed by atoms with Crippen molar-refractivity contribution in [2.24, 2.45) is 11.8 Å². The standard InChI is InChI=1S/C15H22N2/c1-12-15-7-14(8-16-12)10-17(11-15)9-13-5-3-2-4-6-13/h2-6,12,14-16H,7-11H2,1H3/t12-,14+,15+/m0/s1. The minimum absolute atomic E-state index is 0.699. The number of fused-ring (bicyclic) bond motifs is 2. The molecule has 0 spiro atoms. The van der Waals surface area contributed by atoms with Gasteiger partial charge in [-0.3, -0.25) is 4.90 Å². The Morgan fingerprint density at radius 1 is 1.24 bits per heavy atom. The molecular formula is C15H22N2. The lowest BCUT2D eigenvalue weighted by molar-refractivity contribution is 0.0681. The normalized spacial score (nSPS) is 33.6. The Morgan fingerprint density at radius 2 is 2.06 bits per heavy atom. The van der Waals surface area contributed by atoms with Gasteiger partial charge in [-0.2, -0.15) is 0 Å². The summed E-state index contributed by atoms with van der Waals surface area (Å²) in [4.78, 5) is 2.64. The molecule has 0 amide bonds. The van der Waals surface area contributed by atoms with E-state index in [2.05, 4.69) is 47.5 Å². The van der Waals surface area contributed by atoms with Crippen molar-refractivity contribution >= 4 is 0 Å². The lowest BCUT2D eigenvalue weighted by Crippen LogP contribution is -2.54. The molecule has 2 heteroatoms. The van der Waals surface area contributed by atoms with Crippen molar-refractivity contribution in [1.82, 2.24) is 10.2 Å². The summed E-state index contributed by atoms with van der Waals surface area (Å²) in [5.74, 6) is 1.72. The van der Waals surface area contributed by atoms with Gasteiger partial charge in [0.2, 0.25) is 0 Å². The van der Waals surface area contributed by atoms with Crippen LogP contribution in [0.4, 0.5) is 0 Å². The topological polar surface area (TPSA) is 15.3 Å². The number of rotatable bonds is 2. The molecule has 0 aromatic heterocycles. The summed E-state index contributed by atoms with van der Waals surface area (Å²) < 4.78 is 0. The van der Waals surface area contributed by atoms with Crippen LogP contribution >= 0.6 is 0 Å². The zero-order valence-electron chi connectivity index (χ0n) is 10.6. The van der Waals surface area contributed by atoms with E-state index >= 15 is 0 Å². The second kappa shape index (κ2) is 4.79. The van der Waals surface area contributed by atoms with Crippen molar-refractivity contribution in [2.75, 3.05) is 19.6 Å². The van der Waals surface area contributed by atoms with Gasteiger partial charge in [-0.25, -0.2) is 0 Å². The molecule has 2 nitrogen and oxygen atoms in total. The van der Waals surface area contributed by atoms with Gasteiger partial charge in [0.1, 0.15) is 0 Å². The number of nitrogens with zero attached hydrogens (tertiary/aromatic N) is 1. The quantitative estimate of drug-likeness (QED) is 0.837. The van der Waals surface area contributed by atoms with Crippen LogP contribution < -0.4 is 5.32 Å². The summed E-state index contributed by atoms with van der Waals surface area (Å²) in [6, 6.07) is 11.6. The first-order valence-electron chi connectivity index (χ1n) is 6.81. The average molecular weight is 230 g/mol. The smallest absolute Gasteiger partial charge is 0.0233 e. The van der Waals surface area contributed by atoms with Crippen molar-refractivity contribution in [1.29, 1.82) is 0 Å². The number of benzene rings is 1. The molecule has 0 aliphatic carbocycles. The molecule has 3 atom stereocenters. The summed E-state index contributed by atoms with van der Waals surface area (Å²) in [6.07, 6.45) is 1.43. The maximum absolute atomic E-state index is 3.64. The van der Waals surface area contributed by atoms with Gasteiger partial charge in [0.15, 0.2) is 0 Å². The number of nitrogens with one attached hydrogen (secondary N) is 1. The first-order chi connectivity index (χ1) is 8.31. The van der Waals surface area contributed by atoms with Crippen molar-refractivity contribution < 1.29 is 0 Å². The number of hydrogen-bond donors (Lipinski definition) is 1. The minimum Gasteiger partial charge on any atom is -0.314 e. The molecule has 2 aliphatic rings. The number of piperidine rings is 2. The molecule has 0 saturated carbocycles. The fourth-order valence-corrected chi connectivity index (χ4v) is 3.35. The van der Waals surface area contributed by atoms with Crippen LogP contribution in [0.25, 0.3) is 0 Å². The highest BCUT2D eigenvalue weighted by molar-refractivity contribution is 5.14. The molecule has 2 fully saturated rings. The zero-order chi connectivity index (χ0) is 11.7. The van der Waals surface area contributed by atoms with E-state index < -0.39 is 0 Å². The largest absolute Gasteiger partial charge is 0.314 e. The predicted octanol–water partition coefficient (Wildman–Crippen LogP) is 2.12. The van der Waals surface area contributed by atoms with E-state index in [1.165, 1.54) is 31.6 Å². The lowest BCUT2D eigenvalue weighted by Gasteiger charge is -2.45. The van der Waals surface area contributed by atoms with Crippen molar-refractivity contribution in [3.05, 3.63) is 35.9 Å². The van der Waals surface area contributed by atoms with Crippen molar-refractivity contribution in [3.8, 4) is 0 Å². The number of likely N-dealkylation sites (tertiary alicyclic amines) is 1. The summed E-state index contributed by atoms with van der Waals surface area (Å²) in [5, 5.41) is 3.64. The summed E-state index contributed by atoms with van der Waals surface area (Å²) in [6.45, 7) is 7.21. The van der Waals surface area contributed by atoms with Gasteiger partial charge in [0, 0.05) is 25.7 Å². The first-order valence-corrected chi connectivity index (χ1v) is 6.81. The molecular weight excluding hydrogens is 208 g/mol. The Bertz CT molecular complexity index is 362. The highest BCUT2D eigenvalue weighted by atomic mass is 15.2. The van der Waals surface area contributed by atoms with E-state index in [1.54, 1.807) is 0 Å². The minimum atomic E-state index is 0.699. The second-order valence-corrected chi connectivity index (χ2v) is 5.74. The van der Waals surface area contributed by atoms with Gasteiger partial charge in [0.05, 0.1) is 0 Å². The molecule has 2 bridgehead atoms. The molecule has 2 aliphatic heterocycles. The van der Waals surface area contributed by atoms with Crippen LogP contribution in [0.3, 0.4) is 0 Å². The Balaban J connectivity index is 1.65. The van der Waals surface area contributed by atoms with E-state index in [0.29, 0.717) is 6.04 Å². The van der Waals surface area contributed by atoms with Gasteiger partial charge in [-0.1, -0.05) is 30.3 Å². The Kier molecular flexibility index (Phi) is 3.17. The van der Waals surface area contributed by atoms with Crippen LogP contribution in [-0.2, 0) is 6.54 Å². The average Bonchev–Trinajstić information content (AvgIpc) is 2.36. The van der Waals surface area contributed by atoms with Crippen LogP contribution in [-0.4, -0.2) is 30.6 Å². The highest BCUT2D eigenvalue weighted by Gasteiger charge is 2.34. The van der Waals surface area contributed by atoms with E-state index in [-0.39, 0.29) is 0 Å². The Labute approximate surface area is 104 Å². The third kappa shape index (κ3) is 2.53. The summed E-state index contributed by atoms with van der Waals surface area (Å²) in [7, 11) is 0. The van der Waals surface area contributed by atoms with E-state index in [0.717, 1.165) is 18.4 Å². The molecule has 92 valence electrons. The van der Waals surface area contributed by atoms with Crippen LogP contribution in [0.5, 0.6) is 0 Å². The van der Waals surface area contributed by atoms with E-state index in [1.807, 2.05) is 0 Å². The first kappa shape index (κ1) is 11.2. The third-order valence-corrected chi connectivity index (χ3v) is 4.33. The van der Waals surface area contributed by atoms with Gasteiger partial charge in [0.25, 0.3) is 0 Å². The fourth-order valence-electron chi connectivity index (χ4n) is 3.35. The van der Waals surface area contributed by atoms with Gasteiger partial charge in [-0.15, -0.1) is 0 Å². The SMILES string of the molecule is C[C@@H]1NC[C@H]2C[C@@H]1CN(Cc1ccccc1)C2. The molecule has 1 aromatic rings. The zero-order valence-corrected chi connectivity index (χ0v) is 10.6. The lowest BCUT2D eigenvalue weighted by atomic mass is 9.81. The number of hydrogen-bond acceptors (Lipinski definition) is 2. The molecule has 0 radical (unpaired) electrons. The molecule has 1 N–H and O–H groups in total. The Hall–Kier alpha value is -0.860. The maximum Gasteiger partial charge on any atom is 0.0233 e. The van der Waals surface area contributed by atoms with Crippen LogP contribution in [0, 0.1) is 11.8 Å². The molecule has 0 unspecified atom stereocenters. The van der Waals surface area contributed by atoms with Gasteiger partial charge >= 0.3 is 0 Å². The molecule has 3 rings (SSSR count). The summed E-state index contributed by atoms with van der Waals surface area (Å²) >= 11 is 0. The van der Waals surface area contributed by atoms with Crippen LogP contribution in [0.2, 0.25) is 0 Å². The van der Waals surface area contributed by atoms with Gasteiger partial charge in [-0.05, 0) is 37.3 Å². The monoisotopic (exact) mass is 230 g/mol. The molecule has 1 aromatic carbocycles. The van der Waals surface area contributed by atoms with Crippen LogP contribution in [0.15, 0.2) is 30.3 Å². The van der Waals surface area contributed by atoms with E-state index in [4.69, 9.17) is 0 Å². The van der Waals surface area contributed by atoms with Crippen molar-refractivity contribution in [3.63, 3.8) is 0 Å². The molecule has 2 saturated heterocycles. The van der Waals surface area contributed by atoms with Crippen molar-refractivity contribution in [2.45, 2.75) is 25.9 Å². The third-order valence-electron chi connectivity index (χ3n) is 4.33. The Morgan fingerprint density at radius 3 is 2.88 bits per heavy atom. The van der Waals surface area contributed by atoms with Crippen LogP contribution in [0.1, 0.15) is 18.9 Å². The van der Waals surface area contributed by atoms with E-state index in [9.17, 15) is 0 Å². The second-order valence-electron chi connectivity index (χ2n) is 5.74. The molecule has 17 heavy (non-hydrogen) atoms. The predicted molar refractivity (Wildman–Crippen MR) is 70.8 cm³/mol.